The molecule has 3 N–H and O–H groups in total. The maximum atomic E-state index is 12.8. The Morgan fingerprint density at radius 3 is 2.93 bits per heavy atom. The van der Waals surface area contributed by atoms with E-state index in [2.05, 4.69) is 12.2 Å². The number of nitrogens with two attached hydrogens (primary N) is 1. The Labute approximate surface area is 90.7 Å². The average Bonchev–Trinajstić information content (AvgIpc) is 2.18. The number of hydrogen-bond donors (Lipinski definition) is 2. The van der Waals surface area contributed by atoms with E-state index in [0.717, 1.165) is 24.9 Å². The fourth-order valence-corrected chi connectivity index (χ4v) is 1.51. The van der Waals surface area contributed by atoms with Gasteiger partial charge in [-0.25, -0.2) is 4.39 Å². The summed E-state index contributed by atoms with van der Waals surface area (Å²) in [6.07, 6.45) is 1.83. The van der Waals surface area contributed by atoms with Crippen LogP contribution in [0.25, 0.3) is 0 Å². The van der Waals surface area contributed by atoms with Gasteiger partial charge in [-0.05, 0) is 50.6 Å². The van der Waals surface area contributed by atoms with Crippen molar-refractivity contribution in [2.45, 2.75) is 25.8 Å². The molecule has 0 radical (unpaired) electrons. The van der Waals surface area contributed by atoms with E-state index in [1.165, 1.54) is 6.07 Å². The second-order valence-corrected chi connectivity index (χ2v) is 3.81. The van der Waals surface area contributed by atoms with E-state index in [9.17, 15) is 4.39 Å². The van der Waals surface area contributed by atoms with Crippen molar-refractivity contribution in [3.63, 3.8) is 0 Å². The lowest BCUT2D eigenvalue weighted by Crippen LogP contribution is -2.30. The van der Waals surface area contributed by atoms with Crippen LogP contribution >= 0.6 is 0 Å². The third-order valence-electron chi connectivity index (χ3n) is 2.40. The molecule has 0 saturated carbocycles. The fourth-order valence-electron chi connectivity index (χ4n) is 1.51. The molecule has 2 nitrogen and oxygen atoms in total. The lowest BCUT2D eigenvalue weighted by atomic mass is 10.1. The average molecular weight is 210 g/mol. The second-order valence-electron chi connectivity index (χ2n) is 3.81. The van der Waals surface area contributed by atoms with Gasteiger partial charge in [-0.1, -0.05) is 12.1 Å². The summed E-state index contributed by atoms with van der Waals surface area (Å²) in [4.78, 5) is 0. The summed E-state index contributed by atoms with van der Waals surface area (Å²) < 4.78 is 12.8. The van der Waals surface area contributed by atoms with Crippen molar-refractivity contribution in [3.8, 4) is 0 Å². The topological polar surface area (TPSA) is 38.0 Å². The van der Waals surface area contributed by atoms with Gasteiger partial charge in [0.2, 0.25) is 0 Å². The minimum Gasteiger partial charge on any atom is -0.330 e. The predicted octanol–water partition coefficient (Wildman–Crippen LogP) is 1.70. The second kappa shape index (κ2) is 6.53. The van der Waals surface area contributed by atoms with E-state index in [1.807, 2.05) is 6.07 Å². The Balaban J connectivity index is 2.25. The predicted molar refractivity (Wildman–Crippen MR) is 61.2 cm³/mol. The Bertz CT molecular complexity index is 289. The minimum atomic E-state index is -0.164. The van der Waals surface area contributed by atoms with Gasteiger partial charge in [0, 0.05) is 6.04 Å². The molecule has 1 aromatic rings. The van der Waals surface area contributed by atoms with Crippen molar-refractivity contribution in [2.24, 2.45) is 5.73 Å². The van der Waals surface area contributed by atoms with Crippen LogP contribution in [0.15, 0.2) is 24.3 Å². The zero-order valence-electron chi connectivity index (χ0n) is 9.17. The molecule has 1 atom stereocenters. The van der Waals surface area contributed by atoms with Crippen LogP contribution in [0, 0.1) is 5.82 Å². The number of halogens is 1. The third kappa shape index (κ3) is 4.91. The Kier molecular flexibility index (Phi) is 5.29. The third-order valence-corrected chi connectivity index (χ3v) is 2.40. The van der Waals surface area contributed by atoms with Gasteiger partial charge in [-0.15, -0.1) is 0 Å². The lowest BCUT2D eigenvalue weighted by Gasteiger charge is -2.12. The van der Waals surface area contributed by atoms with Crippen LogP contribution in [-0.4, -0.2) is 19.1 Å². The van der Waals surface area contributed by atoms with Gasteiger partial charge < -0.3 is 11.1 Å². The highest BCUT2D eigenvalue weighted by molar-refractivity contribution is 5.16. The molecule has 0 spiro atoms. The molecule has 1 unspecified atom stereocenters. The van der Waals surface area contributed by atoms with E-state index >= 15 is 0 Å². The van der Waals surface area contributed by atoms with Crippen molar-refractivity contribution < 1.29 is 4.39 Å². The molecule has 0 aliphatic rings. The van der Waals surface area contributed by atoms with Crippen molar-refractivity contribution in [1.29, 1.82) is 0 Å². The maximum absolute atomic E-state index is 12.8. The van der Waals surface area contributed by atoms with Gasteiger partial charge >= 0.3 is 0 Å². The number of rotatable bonds is 6. The lowest BCUT2D eigenvalue weighted by molar-refractivity contribution is 0.522. The molecule has 1 rings (SSSR count). The minimum absolute atomic E-state index is 0.164. The van der Waals surface area contributed by atoms with Crippen molar-refractivity contribution in [1.82, 2.24) is 5.32 Å². The molecule has 0 fully saturated rings. The van der Waals surface area contributed by atoms with Crippen molar-refractivity contribution in [2.75, 3.05) is 13.1 Å². The molecule has 0 amide bonds. The molecule has 0 bridgehead atoms. The van der Waals surface area contributed by atoms with E-state index in [-0.39, 0.29) is 5.82 Å². The van der Waals surface area contributed by atoms with Crippen LogP contribution < -0.4 is 11.1 Å². The highest BCUT2D eigenvalue weighted by atomic mass is 19.1. The van der Waals surface area contributed by atoms with E-state index in [1.54, 1.807) is 12.1 Å². The SMILES string of the molecule is CC(CCN)NCCc1cccc(F)c1. The van der Waals surface area contributed by atoms with Crippen LogP contribution in [0.5, 0.6) is 0 Å². The molecule has 0 aliphatic heterocycles. The summed E-state index contributed by atoms with van der Waals surface area (Å²) in [7, 11) is 0. The normalized spacial score (nSPS) is 12.7. The van der Waals surface area contributed by atoms with Gasteiger partial charge in [-0.2, -0.15) is 0 Å². The monoisotopic (exact) mass is 210 g/mol. The van der Waals surface area contributed by atoms with Gasteiger partial charge in [0.1, 0.15) is 5.82 Å². The Morgan fingerprint density at radius 2 is 2.27 bits per heavy atom. The number of benzene rings is 1. The summed E-state index contributed by atoms with van der Waals surface area (Å²) >= 11 is 0. The first-order valence-electron chi connectivity index (χ1n) is 5.40. The highest BCUT2D eigenvalue weighted by Gasteiger charge is 1.99. The van der Waals surface area contributed by atoms with Crippen LogP contribution in [0.2, 0.25) is 0 Å². The standard InChI is InChI=1S/C12H19FN2/c1-10(5-7-14)15-8-6-11-3-2-4-12(13)9-11/h2-4,9-10,15H,5-8,14H2,1H3. The molecule has 0 saturated heterocycles. The van der Waals surface area contributed by atoms with Crippen molar-refractivity contribution in [3.05, 3.63) is 35.6 Å². The van der Waals surface area contributed by atoms with Crippen LogP contribution in [0.3, 0.4) is 0 Å². The molecular formula is C12H19FN2. The number of nitrogens with one attached hydrogen (secondary N) is 1. The Morgan fingerprint density at radius 1 is 1.47 bits per heavy atom. The quantitative estimate of drug-likeness (QED) is 0.750. The first kappa shape index (κ1) is 12.1. The van der Waals surface area contributed by atoms with Crippen LogP contribution in [-0.2, 0) is 6.42 Å². The molecule has 0 heterocycles. The molecule has 15 heavy (non-hydrogen) atoms. The molecule has 0 aromatic heterocycles. The molecular weight excluding hydrogens is 191 g/mol. The maximum Gasteiger partial charge on any atom is 0.123 e. The van der Waals surface area contributed by atoms with E-state index < -0.39 is 0 Å². The molecule has 0 aliphatic carbocycles. The van der Waals surface area contributed by atoms with Gasteiger partial charge in [0.15, 0.2) is 0 Å². The number of hydrogen-bond acceptors (Lipinski definition) is 2. The summed E-state index contributed by atoms with van der Waals surface area (Å²) in [6, 6.07) is 7.17. The van der Waals surface area contributed by atoms with Crippen LogP contribution in [0.1, 0.15) is 18.9 Å². The van der Waals surface area contributed by atoms with Gasteiger partial charge in [-0.3, -0.25) is 0 Å². The van der Waals surface area contributed by atoms with Crippen LogP contribution in [0.4, 0.5) is 4.39 Å². The first-order valence-corrected chi connectivity index (χ1v) is 5.40. The summed E-state index contributed by atoms with van der Waals surface area (Å²) in [6.45, 7) is 3.68. The van der Waals surface area contributed by atoms with Gasteiger partial charge in [0.25, 0.3) is 0 Å². The zero-order valence-corrected chi connectivity index (χ0v) is 9.17. The Hall–Kier alpha value is -0.930. The summed E-state index contributed by atoms with van der Waals surface area (Å²) in [5.74, 6) is -0.164. The van der Waals surface area contributed by atoms with Gasteiger partial charge in [0.05, 0.1) is 0 Å². The first-order chi connectivity index (χ1) is 7.22. The molecule has 1 aromatic carbocycles. The van der Waals surface area contributed by atoms with E-state index in [4.69, 9.17) is 5.73 Å². The van der Waals surface area contributed by atoms with E-state index in [0.29, 0.717) is 12.6 Å². The van der Waals surface area contributed by atoms with Crippen molar-refractivity contribution >= 4 is 0 Å². The molecule has 84 valence electrons. The summed E-state index contributed by atoms with van der Waals surface area (Å²) in [5, 5.41) is 3.35. The summed E-state index contributed by atoms with van der Waals surface area (Å²) in [5.41, 5.74) is 6.47. The highest BCUT2D eigenvalue weighted by Crippen LogP contribution is 2.03. The zero-order chi connectivity index (χ0) is 11.1. The fraction of sp³-hybridized carbons (Fsp3) is 0.500. The largest absolute Gasteiger partial charge is 0.330 e. The smallest absolute Gasteiger partial charge is 0.123 e. The molecule has 3 heteroatoms.